The summed E-state index contributed by atoms with van der Waals surface area (Å²) in [5, 5.41) is 0. The fraction of sp³-hybridized carbons (Fsp3) is 0.429. The van der Waals surface area contributed by atoms with Crippen molar-refractivity contribution in [2.24, 2.45) is 10.4 Å². The fourth-order valence-corrected chi connectivity index (χ4v) is 2.13. The number of nitrogens with zero attached hydrogens (tertiary/aromatic N) is 1. The van der Waals surface area contributed by atoms with Crippen molar-refractivity contribution in [1.82, 2.24) is 0 Å². The summed E-state index contributed by atoms with van der Waals surface area (Å²) in [6.45, 7) is 6.01. The molecule has 90 valence electrons. The normalized spacial score (nSPS) is 22.9. The number of carbonyl (C=O) groups is 1. The van der Waals surface area contributed by atoms with Gasteiger partial charge in [0, 0.05) is 5.41 Å². The number of hydrogen-bond donors (Lipinski definition) is 0. The van der Waals surface area contributed by atoms with E-state index < -0.39 is 5.54 Å². The maximum absolute atomic E-state index is 12.0. The molecule has 1 aliphatic rings. The quantitative estimate of drug-likeness (QED) is 0.733. The Balaban J connectivity index is 2.36. The Bertz CT molecular complexity index is 471. The van der Waals surface area contributed by atoms with Crippen molar-refractivity contribution >= 4 is 11.7 Å². The molecule has 3 nitrogen and oxygen atoms in total. The van der Waals surface area contributed by atoms with Crippen LogP contribution in [-0.2, 0) is 9.53 Å². The summed E-state index contributed by atoms with van der Waals surface area (Å²) in [6, 6.07) is 9.77. The average Bonchev–Trinajstić information content (AvgIpc) is 3.05. The van der Waals surface area contributed by atoms with Gasteiger partial charge >= 0.3 is 5.97 Å². The predicted octanol–water partition coefficient (Wildman–Crippen LogP) is 2.45. The molecule has 0 saturated carbocycles. The van der Waals surface area contributed by atoms with Gasteiger partial charge < -0.3 is 4.74 Å². The van der Waals surface area contributed by atoms with Crippen molar-refractivity contribution in [3.05, 3.63) is 35.9 Å². The van der Waals surface area contributed by atoms with Gasteiger partial charge in [-0.3, -0.25) is 4.99 Å². The molecule has 0 N–H and O–H groups in total. The van der Waals surface area contributed by atoms with Gasteiger partial charge in [-0.05, 0) is 5.56 Å². The second kappa shape index (κ2) is 3.69. The third-order valence-electron chi connectivity index (χ3n) is 3.19. The number of esters is 1. The summed E-state index contributed by atoms with van der Waals surface area (Å²) in [4.78, 5) is 16.4. The Labute approximate surface area is 102 Å². The van der Waals surface area contributed by atoms with E-state index in [1.54, 1.807) is 0 Å². The second-order valence-electron chi connectivity index (χ2n) is 5.28. The molecule has 0 fully saturated rings. The molecule has 0 amide bonds. The lowest BCUT2D eigenvalue weighted by Crippen LogP contribution is -2.44. The number of hydrogen-bond acceptors (Lipinski definition) is 3. The zero-order chi connectivity index (χ0) is 12.7. The molecule has 0 spiro atoms. The zero-order valence-corrected chi connectivity index (χ0v) is 10.7. The van der Waals surface area contributed by atoms with Crippen molar-refractivity contribution in [2.75, 3.05) is 7.11 Å². The third kappa shape index (κ3) is 1.66. The molecule has 0 bridgehead atoms. The van der Waals surface area contributed by atoms with Crippen LogP contribution in [0.5, 0.6) is 0 Å². The van der Waals surface area contributed by atoms with E-state index >= 15 is 0 Å². The van der Waals surface area contributed by atoms with Crippen molar-refractivity contribution in [1.29, 1.82) is 0 Å². The molecule has 0 aromatic heterocycles. The first kappa shape index (κ1) is 11.8. The number of aliphatic imine (C=N–C) groups is 1. The number of rotatable bonds is 2. The van der Waals surface area contributed by atoms with E-state index in [4.69, 9.17) is 4.74 Å². The second-order valence-corrected chi connectivity index (χ2v) is 5.28. The van der Waals surface area contributed by atoms with E-state index in [0.717, 1.165) is 11.3 Å². The van der Waals surface area contributed by atoms with Gasteiger partial charge in [0.25, 0.3) is 0 Å². The molecule has 2 rings (SSSR count). The molecular weight excluding hydrogens is 214 g/mol. The van der Waals surface area contributed by atoms with E-state index in [-0.39, 0.29) is 11.4 Å². The first-order chi connectivity index (χ1) is 7.93. The highest BCUT2D eigenvalue weighted by Crippen LogP contribution is 2.47. The number of carbonyl (C=O) groups excluding carboxylic acids is 1. The summed E-state index contributed by atoms with van der Waals surface area (Å²) < 4.78 is 4.90. The maximum atomic E-state index is 12.0. The van der Waals surface area contributed by atoms with Gasteiger partial charge in [-0.1, -0.05) is 51.1 Å². The van der Waals surface area contributed by atoms with E-state index in [0.29, 0.717) is 0 Å². The Hall–Kier alpha value is -1.64. The van der Waals surface area contributed by atoms with Gasteiger partial charge in [-0.15, -0.1) is 0 Å². The average molecular weight is 231 g/mol. The lowest BCUT2D eigenvalue weighted by molar-refractivity contribution is -0.145. The summed E-state index contributed by atoms with van der Waals surface area (Å²) in [7, 11) is 1.41. The smallest absolute Gasteiger partial charge is 0.340 e. The van der Waals surface area contributed by atoms with Gasteiger partial charge in [-0.25, -0.2) is 4.79 Å². The Kier molecular flexibility index (Phi) is 2.57. The largest absolute Gasteiger partial charge is 0.467 e. The highest BCUT2D eigenvalue weighted by Gasteiger charge is 2.63. The summed E-state index contributed by atoms with van der Waals surface area (Å²) in [6.07, 6.45) is 0. The lowest BCUT2D eigenvalue weighted by Gasteiger charge is -2.27. The van der Waals surface area contributed by atoms with Crippen LogP contribution in [0.1, 0.15) is 26.3 Å². The third-order valence-corrected chi connectivity index (χ3v) is 3.19. The Morgan fingerprint density at radius 3 is 2.29 bits per heavy atom. The Morgan fingerprint density at radius 2 is 1.82 bits per heavy atom. The number of ether oxygens (including phenoxy) is 1. The topological polar surface area (TPSA) is 38.7 Å². The van der Waals surface area contributed by atoms with Crippen LogP contribution in [-0.4, -0.2) is 24.3 Å². The first-order valence-electron chi connectivity index (χ1n) is 5.67. The van der Waals surface area contributed by atoms with Gasteiger partial charge in [0.15, 0.2) is 0 Å². The number of methoxy groups -OCH3 is 1. The fourth-order valence-electron chi connectivity index (χ4n) is 2.13. The molecule has 0 radical (unpaired) electrons. The van der Waals surface area contributed by atoms with E-state index in [1.165, 1.54) is 7.11 Å². The minimum atomic E-state index is -0.802. The van der Waals surface area contributed by atoms with E-state index in [1.807, 2.05) is 51.1 Å². The van der Waals surface area contributed by atoms with Crippen molar-refractivity contribution in [3.8, 4) is 0 Å². The van der Waals surface area contributed by atoms with Gasteiger partial charge in [0.1, 0.15) is 0 Å². The molecule has 1 heterocycles. The molecule has 1 atom stereocenters. The van der Waals surface area contributed by atoms with Crippen molar-refractivity contribution < 1.29 is 9.53 Å². The molecule has 17 heavy (non-hydrogen) atoms. The van der Waals surface area contributed by atoms with Crippen LogP contribution in [0, 0.1) is 5.41 Å². The minimum absolute atomic E-state index is 0.273. The molecule has 1 aromatic carbocycles. The van der Waals surface area contributed by atoms with Gasteiger partial charge in [0.05, 0.1) is 12.8 Å². The van der Waals surface area contributed by atoms with Crippen LogP contribution in [0.4, 0.5) is 0 Å². The SMILES string of the molecule is COC(=O)C1(C(C)(C)C)N=C1c1ccccc1. The minimum Gasteiger partial charge on any atom is -0.467 e. The zero-order valence-electron chi connectivity index (χ0n) is 10.7. The van der Waals surface area contributed by atoms with Crippen LogP contribution >= 0.6 is 0 Å². The highest BCUT2D eigenvalue weighted by molar-refractivity contribution is 6.29. The molecular formula is C14H17NO2. The van der Waals surface area contributed by atoms with Crippen LogP contribution in [0.15, 0.2) is 35.3 Å². The maximum Gasteiger partial charge on any atom is 0.340 e. The molecule has 1 unspecified atom stereocenters. The van der Waals surface area contributed by atoms with E-state index in [2.05, 4.69) is 4.99 Å². The van der Waals surface area contributed by atoms with Gasteiger partial charge in [0.2, 0.25) is 5.54 Å². The highest BCUT2D eigenvalue weighted by atomic mass is 16.5. The monoisotopic (exact) mass is 231 g/mol. The summed E-state index contributed by atoms with van der Waals surface area (Å²) in [5.41, 5.74) is 0.749. The molecule has 0 aliphatic carbocycles. The molecule has 1 aromatic rings. The van der Waals surface area contributed by atoms with Gasteiger partial charge in [-0.2, -0.15) is 0 Å². The standard InChI is InChI=1S/C14H17NO2/c1-13(2,3)14(12(16)17-4)11(15-14)10-8-6-5-7-9-10/h5-9H,1-4H3. The van der Waals surface area contributed by atoms with Crippen LogP contribution < -0.4 is 0 Å². The van der Waals surface area contributed by atoms with E-state index in [9.17, 15) is 4.79 Å². The first-order valence-corrected chi connectivity index (χ1v) is 5.67. The molecule has 0 saturated heterocycles. The van der Waals surface area contributed by atoms with Crippen LogP contribution in [0.25, 0.3) is 0 Å². The van der Waals surface area contributed by atoms with Crippen LogP contribution in [0.2, 0.25) is 0 Å². The summed E-state index contributed by atoms with van der Waals surface area (Å²) >= 11 is 0. The predicted molar refractivity (Wildman–Crippen MR) is 67.2 cm³/mol. The summed E-state index contributed by atoms with van der Waals surface area (Å²) in [5.74, 6) is -0.274. The lowest BCUT2D eigenvalue weighted by atomic mass is 9.75. The molecule has 1 aliphatic heterocycles. The van der Waals surface area contributed by atoms with Crippen LogP contribution in [0.3, 0.4) is 0 Å². The van der Waals surface area contributed by atoms with Crippen molar-refractivity contribution in [3.63, 3.8) is 0 Å². The number of benzene rings is 1. The van der Waals surface area contributed by atoms with Crippen molar-refractivity contribution in [2.45, 2.75) is 26.3 Å². The molecule has 3 heteroatoms. The Morgan fingerprint density at radius 1 is 1.24 bits per heavy atom.